The third-order valence-electron chi connectivity index (χ3n) is 5.30. The summed E-state index contributed by atoms with van der Waals surface area (Å²) in [6.45, 7) is 2.53. The van der Waals surface area contributed by atoms with Gasteiger partial charge in [-0.05, 0) is 42.8 Å². The quantitative estimate of drug-likeness (QED) is 0.474. The Balaban J connectivity index is 1.61. The Kier molecular flexibility index (Phi) is 4.24. The maximum Gasteiger partial charge on any atom is 0.231 e. The zero-order chi connectivity index (χ0) is 19.8. The molecule has 1 amide bonds. The molecule has 1 aliphatic rings. The highest BCUT2D eigenvalue weighted by molar-refractivity contribution is 6.10. The molecule has 0 saturated heterocycles. The van der Waals surface area contributed by atoms with Gasteiger partial charge < -0.3 is 9.64 Å². The molecule has 1 aromatic heterocycles. The molecule has 0 N–H and O–H groups in total. The Morgan fingerprint density at radius 1 is 0.931 bits per heavy atom. The fourth-order valence-corrected chi connectivity index (χ4v) is 3.90. The van der Waals surface area contributed by atoms with Gasteiger partial charge in [0.15, 0.2) is 0 Å². The molecule has 0 unspecified atom stereocenters. The number of carbonyl (C=O) groups is 1. The minimum atomic E-state index is 0.107. The van der Waals surface area contributed by atoms with Gasteiger partial charge in [0.2, 0.25) is 5.91 Å². The molecule has 0 radical (unpaired) electrons. The number of anilines is 1. The summed E-state index contributed by atoms with van der Waals surface area (Å²) in [6.07, 6.45) is 0.390. The molecule has 29 heavy (non-hydrogen) atoms. The highest BCUT2D eigenvalue weighted by atomic mass is 16.5. The summed E-state index contributed by atoms with van der Waals surface area (Å²) in [7, 11) is 0. The summed E-state index contributed by atoms with van der Waals surface area (Å²) in [5.41, 5.74) is 4.85. The van der Waals surface area contributed by atoms with Crippen molar-refractivity contribution in [1.29, 1.82) is 0 Å². The van der Waals surface area contributed by atoms with Crippen LogP contribution in [0.5, 0.6) is 11.5 Å². The number of hydrogen-bond donors (Lipinski definition) is 0. The largest absolute Gasteiger partial charge is 0.457 e. The lowest BCUT2D eigenvalue weighted by atomic mass is 10.1. The van der Waals surface area contributed by atoms with E-state index in [1.165, 1.54) is 0 Å². The highest BCUT2D eigenvalue weighted by Gasteiger charge is 2.31. The second-order valence-electron chi connectivity index (χ2n) is 7.26. The summed E-state index contributed by atoms with van der Waals surface area (Å²) >= 11 is 0. The highest BCUT2D eigenvalue weighted by Crippen LogP contribution is 2.40. The van der Waals surface area contributed by atoms with Crippen molar-refractivity contribution in [3.8, 4) is 11.5 Å². The van der Waals surface area contributed by atoms with Gasteiger partial charge in [0, 0.05) is 16.6 Å². The van der Waals surface area contributed by atoms with E-state index in [0.717, 1.165) is 44.9 Å². The zero-order valence-electron chi connectivity index (χ0n) is 16.1. The van der Waals surface area contributed by atoms with Crippen LogP contribution in [0.25, 0.3) is 10.9 Å². The number of nitrogens with zero attached hydrogens (tertiary/aromatic N) is 2. The summed E-state index contributed by atoms with van der Waals surface area (Å²) in [4.78, 5) is 19.5. The molecule has 4 nitrogen and oxygen atoms in total. The van der Waals surface area contributed by atoms with Crippen molar-refractivity contribution >= 4 is 22.5 Å². The fraction of sp³-hybridized carbons (Fsp3) is 0.120. The number of hydrogen-bond acceptors (Lipinski definition) is 3. The van der Waals surface area contributed by atoms with E-state index >= 15 is 0 Å². The molecule has 4 heteroatoms. The molecule has 1 aliphatic heterocycles. The number of carbonyl (C=O) groups excluding carboxylic acids is 1. The van der Waals surface area contributed by atoms with Crippen molar-refractivity contribution in [2.45, 2.75) is 19.9 Å². The van der Waals surface area contributed by atoms with Gasteiger partial charge in [-0.1, -0.05) is 48.5 Å². The Morgan fingerprint density at radius 3 is 2.41 bits per heavy atom. The summed E-state index contributed by atoms with van der Waals surface area (Å²) in [5.74, 6) is 1.62. The van der Waals surface area contributed by atoms with Crippen LogP contribution in [-0.4, -0.2) is 10.9 Å². The summed E-state index contributed by atoms with van der Waals surface area (Å²) in [6, 6.07) is 25.6. The molecule has 0 saturated carbocycles. The first-order valence-electron chi connectivity index (χ1n) is 9.69. The molecule has 0 spiro atoms. The Labute approximate surface area is 169 Å². The van der Waals surface area contributed by atoms with Crippen molar-refractivity contribution in [1.82, 2.24) is 4.98 Å². The molecule has 5 rings (SSSR count). The first-order valence-corrected chi connectivity index (χ1v) is 9.69. The lowest BCUT2D eigenvalue weighted by molar-refractivity contribution is -0.117. The number of fused-ring (bicyclic) bond motifs is 3. The average molecular weight is 380 g/mol. The molecule has 0 fully saturated rings. The van der Waals surface area contributed by atoms with Crippen LogP contribution in [0.1, 0.15) is 16.8 Å². The number of rotatable bonds is 4. The topological polar surface area (TPSA) is 42.4 Å². The third-order valence-corrected chi connectivity index (χ3v) is 5.30. The van der Waals surface area contributed by atoms with Gasteiger partial charge in [0.25, 0.3) is 0 Å². The van der Waals surface area contributed by atoms with E-state index in [2.05, 4.69) is 0 Å². The van der Waals surface area contributed by atoms with E-state index in [4.69, 9.17) is 9.72 Å². The first kappa shape index (κ1) is 17.4. The molecule has 0 atom stereocenters. The number of pyridine rings is 1. The third kappa shape index (κ3) is 3.23. The first-order chi connectivity index (χ1) is 14.2. The zero-order valence-corrected chi connectivity index (χ0v) is 16.1. The predicted octanol–water partition coefficient (Wildman–Crippen LogP) is 5.42. The van der Waals surface area contributed by atoms with Crippen molar-refractivity contribution < 1.29 is 9.53 Å². The van der Waals surface area contributed by atoms with E-state index in [0.29, 0.717) is 13.0 Å². The number of aromatic nitrogens is 1. The van der Waals surface area contributed by atoms with E-state index < -0.39 is 0 Å². The summed E-state index contributed by atoms with van der Waals surface area (Å²) in [5, 5.41) is 0.945. The van der Waals surface area contributed by atoms with E-state index in [9.17, 15) is 4.79 Å². The van der Waals surface area contributed by atoms with Crippen molar-refractivity contribution in [2.75, 3.05) is 4.90 Å². The average Bonchev–Trinajstić information content (AvgIpc) is 3.07. The normalized spacial score (nSPS) is 13.0. The SMILES string of the molecule is Cc1nc2ccc(Oc3ccccc3)cc2c2c1CC(=O)N2Cc1ccccc1. The van der Waals surface area contributed by atoms with Crippen molar-refractivity contribution in [2.24, 2.45) is 0 Å². The Morgan fingerprint density at radius 2 is 1.66 bits per heavy atom. The maximum absolute atomic E-state index is 12.9. The van der Waals surface area contributed by atoms with E-state index in [1.54, 1.807) is 0 Å². The number of para-hydroxylation sites is 1. The minimum absolute atomic E-state index is 0.107. The van der Waals surface area contributed by atoms with Crippen LogP contribution in [-0.2, 0) is 17.8 Å². The molecular weight excluding hydrogens is 360 g/mol. The standard InChI is InChI=1S/C25H20N2O2/c1-17-21-15-24(28)27(16-18-8-4-2-5-9-18)25(21)22-14-20(12-13-23(22)26-17)29-19-10-6-3-7-11-19/h2-14H,15-16H2,1H3. The lowest BCUT2D eigenvalue weighted by Crippen LogP contribution is -2.26. The number of amides is 1. The van der Waals surface area contributed by atoms with Crippen LogP contribution >= 0.6 is 0 Å². The van der Waals surface area contributed by atoms with Gasteiger partial charge in [-0.15, -0.1) is 0 Å². The molecule has 4 aromatic rings. The van der Waals surface area contributed by atoms with Gasteiger partial charge in [0.05, 0.1) is 24.2 Å². The molecule has 0 aliphatic carbocycles. The molecule has 142 valence electrons. The molecule has 0 bridgehead atoms. The fourth-order valence-electron chi connectivity index (χ4n) is 3.90. The number of benzene rings is 3. The van der Waals surface area contributed by atoms with Gasteiger partial charge in [-0.3, -0.25) is 9.78 Å². The van der Waals surface area contributed by atoms with Crippen LogP contribution in [0.3, 0.4) is 0 Å². The second kappa shape index (κ2) is 7.06. The van der Waals surface area contributed by atoms with E-state index in [-0.39, 0.29) is 5.91 Å². The number of ether oxygens (including phenoxy) is 1. The van der Waals surface area contributed by atoms with Crippen molar-refractivity contribution in [3.05, 3.63) is 95.7 Å². The number of aryl methyl sites for hydroxylation is 1. The van der Waals surface area contributed by atoms with Crippen LogP contribution in [0.2, 0.25) is 0 Å². The maximum atomic E-state index is 12.9. The predicted molar refractivity (Wildman–Crippen MR) is 114 cm³/mol. The molecular formula is C25H20N2O2. The van der Waals surface area contributed by atoms with Gasteiger partial charge in [-0.25, -0.2) is 0 Å². The lowest BCUT2D eigenvalue weighted by Gasteiger charge is -2.20. The molecule has 3 aromatic carbocycles. The minimum Gasteiger partial charge on any atom is -0.457 e. The van der Waals surface area contributed by atoms with Gasteiger partial charge in [0.1, 0.15) is 11.5 Å². The summed E-state index contributed by atoms with van der Waals surface area (Å²) < 4.78 is 6.03. The molecule has 2 heterocycles. The Hall–Kier alpha value is -3.66. The van der Waals surface area contributed by atoms with Crippen LogP contribution in [0, 0.1) is 6.92 Å². The van der Waals surface area contributed by atoms with Gasteiger partial charge in [-0.2, -0.15) is 0 Å². The van der Waals surface area contributed by atoms with Crippen LogP contribution in [0.4, 0.5) is 5.69 Å². The van der Waals surface area contributed by atoms with Crippen LogP contribution in [0.15, 0.2) is 78.9 Å². The Bertz CT molecular complexity index is 1200. The van der Waals surface area contributed by atoms with E-state index in [1.807, 2.05) is 90.7 Å². The van der Waals surface area contributed by atoms with Crippen LogP contribution < -0.4 is 9.64 Å². The smallest absolute Gasteiger partial charge is 0.231 e. The van der Waals surface area contributed by atoms with Gasteiger partial charge >= 0.3 is 0 Å². The second-order valence-corrected chi connectivity index (χ2v) is 7.26. The van der Waals surface area contributed by atoms with Crippen molar-refractivity contribution in [3.63, 3.8) is 0 Å². The monoisotopic (exact) mass is 380 g/mol.